The number of aromatic amines is 1. The quantitative estimate of drug-likeness (QED) is 0.477. The van der Waals surface area contributed by atoms with Crippen LogP contribution in [0, 0.1) is 0 Å². The Hall–Kier alpha value is -2.70. The van der Waals surface area contributed by atoms with Crippen molar-refractivity contribution in [2.24, 2.45) is 5.73 Å². The van der Waals surface area contributed by atoms with E-state index in [-0.39, 0.29) is 24.0 Å². The zero-order valence-corrected chi connectivity index (χ0v) is 14.1. The summed E-state index contributed by atoms with van der Waals surface area (Å²) < 4.78 is 78.3. The minimum Gasteiger partial charge on any atom is -0.369 e. The highest BCUT2D eigenvalue weighted by atomic mass is 19.4. The number of carbonyl (C=O) groups is 1. The first kappa shape index (κ1) is 21.6. The number of H-pyrrole nitrogens is 1. The first-order chi connectivity index (χ1) is 12.9. The minimum absolute atomic E-state index is 0.0459. The number of halogens is 6. The lowest BCUT2D eigenvalue weighted by Gasteiger charge is -2.33. The van der Waals surface area contributed by atoms with Gasteiger partial charge in [0.2, 0.25) is 5.91 Å². The summed E-state index contributed by atoms with van der Waals surface area (Å²) in [6, 6.07) is 1.65. The summed E-state index contributed by atoms with van der Waals surface area (Å²) >= 11 is 0. The van der Waals surface area contributed by atoms with E-state index in [9.17, 15) is 36.2 Å². The Labute approximate surface area is 153 Å². The summed E-state index contributed by atoms with van der Waals surface area (Å²) in [5, 5.41) is 22.5. The number of nitrogens with one attached hydrogen (secondary N) is 1. The Bertz CT molecular complexity index is 805. The van der Waals surface area contributed by atoms with Crippen molar-refractivity contribution < 1.29 is 36.2 Å². The molecule has 0 aliphatic carbocycles. The summed E-state index contributed by atoms with van der Waals surface area (Å²) in [4.78, 5) is 11.5. The molecule has 1 amide bonds. The lowest BCUT2D eigenvalue weighted by atomic mass is 9.88. The molecule has 0 spiro atoms. The van der Waals surface area contributed by atoms with Crippen LogP contribution in [-0.4, -0.2) is 44.0 Å². The van der Waals surface area contributed by atoms with Crippen molar-refractivity contribution in [1.82, 2.24) is 20.6 Å². The zero-order chi connectivity index (χ0) is 21.2. The summed E-state index contributed by atoms with van der Waals surface area (Å²) in [6.07, 6.45) is -11.0. The van der Waals surface area contributed by atoms with Gasteiger partial charge in [-0.15, -0.1) is 10.2 Å². The third-order valence-electron chi connectivity index (χ3n) is 4.09. The Balaban J connectivity index is 2.32. The topological polar surface area (TPSA) is 118 Å². The largest absolute Gasteiger partial charge is 0.430 e. The van der Waals surface area contributed by atoms with Crippen molar-refractivity contribution in [2.45, 2.75) is 43.6 Å². The number of aliphatic hydroxyl groups is 1. The Morgan fingerprint density at radius 2 is 1.68 bits per heavy atom. The van der Waals surface area contributed by atoms with Gasteiger partial charge < -0.3 is 10.8 Å². The maximum absolute atomic E-state index is 13.1. The number of alkyl halides is 6. The zero-order valence-electron chi connectivity index (χ0n) is 14.1. The Kier molecular flexibility index (Phi) is 5.97. The maximum atomic E-state index is 13.1. The van der Waals surface area contributed by atoms with E-state index in [1.807, 2.05) is 0 Å². The van der Waals surface area contributed by atoms with Crippen LogP contribution in [-0.2, 0) is 18.4 Å². The van der Waals surface area contributed by atoms with Gasteiger partial charge in [0.1, 0.15) is 0 Å². The van der Waals surface area contributed by atoms with Crippen LogP contribution in [0.4, 0.5) is 26.3 Å². The molecule has 2 rings (SSSR count). The number of aryl methyl sites for hydroxylation is 2. The number of rotatable bonds is 7. The summed E-state index contributed by atoms with van der Waals surface area (Å²) in [7, 11) is 0. The van der Waals surface area contributed by atoms with Crippen LogP contribution < -0.4 is 5.73 Å². The number of primary amides is 1. The van der Waals surface area contributed by atoms with Gasteiger partial charge in [0, 0.05) is 17.5 Å². The van der Waals surface area contributed by atoms with Crippen molar-refractivity contribution in [3.63, 3.8) is 0 Å². The highest BCUT2D eigenvalue weighted by molar-refractivity contribution is 5.94. The van der Waals surface area contributed by atoms with Gasteiger partial charge in [0.05, 0.1) is 0 Å². The van der Waals surface area contributed by atoms with Gasteiger partial charge in [0.25, 0.3) is 5.60 Å². The molecule has 0 aliphatic rings. The monoisotopic (exact) mass is 411 g/mol. The van der Waals surface area contributed by atoms with Crippen LogP contribution in [0.25, 0.3) is 0 Å². The van der Waals surface area contributed by atoms with Gasteiger partial charge in [-0.2, -0.15) is 31.6 Å². The first-order valence-electron chi connectivity index (χ1n) is 7.89. The van der Waals surface area contributed by atoms with E-state index in [0.717, 1.165) is 6.07 Å². The predicted molar refractivity (Wildman–Crippen MR) is 81.8 cm³/mol. The fourth-order valence-electron chi connectivity index (χ4n) is 2.64. The number of carbonyl (C=O) groups excluding carboxylic acids is 1. The SMILES string of the molecule is NC(=O)c1ccc(C(O)(C(F)(F)F)C(F)(F)F)cc1CCCCc1nn[nH]n1. The number of benzene rings is 1. The van der Waals surface area contributed by atoms with Crippen molar-refractivity contribution in [3.8, 4) is 0 Å². The molecule has 2 aromatic rings. The predicted octanol–water partition coefficient (Wildman–Crippen LogP) is 2.18. The van der Waals surface area contributed by atoms with Gasteiger partial charge in [-0.3, -0.25) is 4.79 Å². The fraction of sp³-hybridized carbons (Fsp3) is 0.467. The van der Waals surface area contributed by atoms with Gasteiger partial charge in [0.15, 0.2) is 5.82 Å². The number of hydrogen-bond acceptors (Lipinski definition) is 5. The van der Waals surface area contributed by atoms with Gasteiger partial charge in [-0.1, -0.05) is 17.3 Å². The molecule has 1 aromatic heterocycles. The van der Waals surface area contributed by atoms with E-state index in [1.54, 1.807) is 0 Å². The standard InChI is InChI=1S/C15H15F6N5O2/c16-14(17,18)13(28,15(19,20)21)9-5-6-10(12(22)27)8(7-9)3-1-2-4-11-23-25-26-24-11/h5-7,28H,1-4H2,(H2,22,27)(H,23,24,25,26). The third-order valence-corrected chi connectivity index (χ3v) is 4.09. The molecule has 0 saturated heterocycles. The number of unbranched alkanes of at least 4 members (excludes halogenated alkanes) is 1. The number of tetrazole rings is 1. The van der Waals surface area contributed by atoms with Crippen molar-refractivity contribution in [1.29, 1.82) is 0 Å². The van der Waals surface area contributed by atoms with E-state index < -0.39 is 29.4 Å². The van der Waals surface area contributed by atoms with Crippen LogP contribution in [0.3, 0.4) is 0 Å². The van der Waals surface area contributed by atoms with Gasteiger partial charge >= 0.3 is 12.4 Å². The molecule has 28 heavy (non-hydrogen) atoms. The second kappa shape index (κ2) is 7.73. The number of nitrogens with two attached hydrogens (primary N) is 1. The number of nitrogens with zero attached hydrogens (tertiary/aromatic N) is 3. The molecule has 0 radical (unpaired) electrons. The first-order valence-corrected chi connectivity index (χ1v) is 7.89. The minimum atomic E-state index is -6.02. The van der Waals surface area contributed by atoms with E-state index in [0.29, 0.717) is 30.8 Å². The highest BCUT2D eigenvalue weighted by Crippen LogP contribution is 2.50. The molecule has 0 saturated carbocycles. The molecule has 0 unspecified atom stereocenters. The van der Waals surface area contributed by atoms with Crippen LogP contribution in [0.1, 0.15) is 40.2 Å². The smallest absolute Gasteiger partial charge is 0.369 e. The average molecular weight is 411 g/mol. The van der Waals surface area contributed by atoms with Crippen LogP contribution >= 0.6 is 0 Å². The highest BCUT2D eigenvalue weighted by Gasteiger charge is 2.71. The molecular weight excluding hydrogens is 396 g/mol. The molecule has 0 atom stereocenters. The number of amides is 1. The lowest BCUT2D eigenvalue weighted by molar-refractivity contribution is -0.376. The van der Waals surface area contributed by atoms with Crippen molar-refractivity contribution >= 4 is 5.91 Å². The second-order valence-electron chi connectivity index (χ2n) is 5.98. The lowest BCUT2D eigenvalue weighted by Crippen LogP contribution is -2.54. The maximum Gasteiger partial charge on any atom is 0.430 e. The Morgan fingerprint density at radius 3 is 2.18 bits per heavy atom. The average Bonchev–Trinajstić information content (AvgIpc) is 3.09. The molecule has 0 fully saturated rings. The Morgan fingerprint density at radius 1 is 1.07 bits per heavy atom. The van der Waals surface area contributed by atoms with Gasteiger partial charge in [-0.25, -0.2) is 0 Å². The molecule has 0 bridgehead atoms. The van der Waals surface area contributed by atoms with Crippen molar-refractivity contribution in [2.75, 3.05) is 0 Å². The van der Waals surface area contributed by atoms with Crippen LogP contribution in [0.15, 0.2) is 18.2 Å². The van der Waals surface area contributed by atoms with E-state index in [4.69, 9.17) is 5.73 Å². The molecule has 0 aliphatic heterocycles. The molecular formula is C15H15F6N5O2. The van der Waals surface area contributed by atoms with Crippen molar-refractivity contribution in [3.05, 3.63) is 40.7 Å². The molecule has 1 heterocycles. The summed E-state index contributed by atoms with van der Waals surface area (Å²) in [5.41, 5.74) is -1.73. The number of aromatic nitrogens is 4. The van der Waals surface area contributed by atoms with E-state index >= 15 is 0 Å². The molecule has 13 heteroatoms. The molecule has 4 N–H and O–H groups in total. The fourth-order valence-corrected chi connectivity index (χ4v) is 2.64. The molecule has 154 valence electrons. The third kappa shape index (κ3) is 4.24. The number of hydrogen-bond donors (Lipinski definition) is 3. The molecule has 1 aromatic carbocycles. The normalized spacial score (nSPS) is 13.0. The summed E-state index contributed by atoms with van der Waals surface area (Å²) in [5.74, 6) is -0.630. The van der Waals surface area contributed by atoms with Gasteiger partial charge in [-0.05, 0) is 30.9 Å². The van der Waals surface area contributed by atoms with Crippen LogP contribution in [0.5, 0.6) is 0 Å². The molecule has 7 nitrogen and oxygen atoms in total. The van der Waals surface area contributed by atoms with E-state index in [1.165, 1.54) is 0 Å². The second-order valence-corrected chi connectivity index (χ2v) is 5.98. The van der Waals surface area contributed by atoms with E-state index in [2.05, 4.69) is 20.6 Å². The van der Waals surface area contributed by atoms with Crippen LogP contribution in [0.2, 0.25) is 0 Å². The summed E-state index contributed by atoms with van der Waals surface area (Å²) in [6.45, 7) is 0.